The number of nitrogens with one attached hydrogen (secondary N) is 1. The second-order valence-electron chi connectivity index (χ2n) is 5.37. The summed E-state index contributed by atoms with van der Waals surface area (Å²) in [6, 6.07) is 10.1. The van der Waals surface area contributed by atoms with Crippen molar-refractivity contribution in [2.75, 3.05) is 23.4 Å². The van der Waals surface area contributed by atoms with Gasteiger partial charge in [0.25, 0.3) is 0 Å². The van der Waals surface area contributed by atoms with Crippen LogP contribution in [0, 0.1) is 19.7 Å². The van der Waals surface area contributed by atoms with Crippen LogP contribution in [0.3, 0.4) is 0 Å². The predicted octanol–water partition coefficient (Wildman–Crippen LogP) is 3.87. The fourth-order valence-corrected chi connectivity index (χ4v) is 2.40. The SMILES string of the molecule is Cc1ccc2c(c1)N(C(=O)Nc1ccc(C)c(F)c1)CCO2. The molecule has 0 aromatic heterocycles. The summed E-state index contributed by atoms with van der Waals surface area (Å²) in [6.45, 7) is 4.53. The van der Waals surface area contributed by atoms with Crippen molar-refractivity contribution in [2.24, 2.45) is 0 Å². The van der Waals surface area contributed by atoms with Gasteiger partial charge in [0.1, 0.15) is 18.2 Å². The highest BCUT2D eigenvalue weighted by molar-refractivity contribution is 6.03. The Labute approximate surface area is 128 Å². The molecule has 114 valence electrons. The van der Waals surface area contributed by atoms with Gasteiger partial charge in [0.15, 0.2) is 0 Å². The van der Waals surface area contributed by atoms with Crippen LogP contribution in [0.5, 0.6) is 5.75 Å². The van der Waals surface area contributed by atoms with Gasteiger partial charge in [-0.05, 0) is 49.2 Å². The van der Waals surface area contributed by atoms with E-state index in [2.05, 4.69) is 5.32 Å². The molecule has 2 aromatic rings. The zero-order valence-electron chi connectivity index (χ0n) is 12.5. The number of rotatable bonds is 1. The first kappa shape index (κ1) is 14.4. The smallest absolute Gasteiger partial charge is 0.326 e. The molecule has 0 atom stereocenters. The topological polar surface area (TPSA) is 41.6 Å². The maximum absolute atomic E-state index is 13.6. The van der Waals surface area contributed by atoms with Crippen LogP contribution in [0.25, 0.3) is 0 Å². The summed E-state index contributed by atoms with van der Waals surface area (Å²) >= 11 is 0. The van der Waals surface area contributed by atoms with Gasteiger partial charge < -0.3 is 10.1 Å². The maximum atomic E-state index is 13.6. The van der Waals surface area contributed by atoms with Gasteiger partial charge in [0.2, 0.25) is 0 Å². The normalized spacial score (nSPS) is 13.3. The lowest BCUT2D eigenvalue weighted by Gasteiger charge is -2.29. The predicted molar refractivity (Wildman–Crippen MR) is 84.2 cm³/mol. The Morgan fingerprint density at radius 2 is 2.05 bits per heavy atom. The van der Waals surface area contributed by atoms with Crippen LogP contribution in [-0.4, -0.2) is 19.2 Å². The second-order valence-corrected chi connectivity index (χ2v) is 5.37. The lowest BCUT2D eigenvalue weighted by Crippen LogP contribution is -2.40. The number of anilines is 2. The molecule has 1 aliphatic heterocycles. The van der Waals surface area contributed by atoms with Gasteiger partial charge in [-0.25, -0.2) is 9.18 Å². The molecule has 0 unspecified atom stereocenters. The molecule has 0 saturated heterocycles. The molecule has 0 fully saturated rings. The van der Waals surface area contributed by atoms with E-state index in [1.54, 1.807) is 24.0 Å². The number of hydrogen-bond acceptors (Lipinski definition) is 2. The fourth-order valence-electron chi connectivity index (χ4n) is 2.40. The van der Waals surface area contributed by atoms with Crippen LogP contribution in [0.1, 0.15) is 11.1 Å². The fraction of sp³-hybridized carbons (Fsp3) is 0.235. The molecule has 0 saturated carbocycles. The number of amides is 2. The molecule has 2 aromatic carbocycles. The number of aryl methyl sites for hydroxylation is 2. The zero-order valence-corrected chi connectivity index (χ0v) is 12.5. The van der Waals surface area contributed by atoms with E-state index in [4.69, 9.17) is 4.74 Å². The van der Waals surface area contributed by atoms with Gasteiger partial charge in [0, 0.05) is 5.69 Å². The van der Waals surface area contributed by atoms with Crippen molar-refractivity contribution in [2.45, 2.75) is 13.8 Å². The third-order valence-electron chi connectivity index (χ3n) is 3.65. The van der Waals surface area contributed by atoms with E-state index in [-0.39, 0.29) is 11.8 Å². The van der Waals surface area contributed by atoms with Crippen LogP contribution >= 0.6 is 0 Å². The Bertz CT molecular complexity index is 731. The number of nitrogens with zero attached hydrogens (tertiary/aromatic N) is 1. The van der Waals surface area contributed by atoms with Gasteiger partial charge in [0.05, 0.1) is 12.2 Å². The number of urea groups is 1. The summed E-state index contributed by atoms with van der Waals surface area (Å²) in [5, 5.41) is 2.73. The summed E-state index contributed by atoms with van der Waals surface area (Å²) in [6.07, 6.45) is 0. The summed E-state index contributed by atoms with van der Waals surface area (Å²) in [5.41, 5.74) is 2.76. The average Bonchev–Trinajstić information content (AvgIpc) is 2.50. The minimum Gasteiger partial charge on any atom is -0.490 e. The van der Waals surface area contributed by atoms with Crippen molar-refractivity contribution >= 4 is 17.4 Å². The van der Waals surface area contributed by atoms with Gasteiger partial charge in [-0.15, -0.1) is 0 Å². The molecule has 1 N–H and O–H groups in total. The molecule has 4 nitrogen and oxygen atoms in total. The number of halogens is 1. The van der Waals surface area contributed by atoms with Gasteiger partial charge in [-0.1, -0.05) is 12.1 Å². The summed E-state index contributed by atoms with van der Waals surface area (Å²) in [4.78, 5) is 14.1. The largest absolute Gasteiger partial charge is 0.490 e. The lowest BCUT2D eigenvalue weighted by atomic mass is 10.1. The number of fused-ring (bicyclic) bond motifs is 1. The van der Waals surface area contributed by atoms with Crippen LogP contribution in [-0.2, 0) is 0 Å². The number of ether oxygens (including phenoxy) is 1. The van der Waals surface area contributed by atoms with E-state index in [0.29, 0.717) is 30.2 Å². The zero-order chi connectivity index (χ0) is 15.7. The van der Waals surface area contributed by atoms with Crippen molar-refractivity contribution in [3.63, 3.8) is 0 Å². The molecule has 1 heterocycles. The molecule has 3 rings (SSSR count). The van der Waals surface area contributed by atoms with Crippen molar-refractivity contribution < 1.29 is 13.9 Å². The van der Waals surface area contributed by atoms with Crippen molar-refractivity contribution in [3.05, 3.63) is 53.3 Å². The van der Waals surface area contributed by atoms with E-state index >= 15 is 0 Å². The molecular formula is C17H17FN2O2. The van der Waals surface area contributed by atoms with Gasteiger partial charge in [-0.2, -0.15) is 0 Å². The molecule has 22 heavy (non-hydrogen) atoms. The third-order valence-corrected chi connectivity index (χ3v) is 3.65. The van der Waals surface area contributed by atoms with E-state index < -0.39 is 0 Å². The number of hydrogen-bond donors (Lipinski definition) is 1. The summed E-state index contributed by atoms with van der Waals surface area (Å²) in [7, 11) is 0. The van der Waals surface area contributed by atoms with E-state index in [1.807, 2.05) is 25.1 Å². The Morgan fingerprint density at radius 3 is 2.82 bits per heavy atom. The number of carbonyl (C=O) groups is 1. The minimum atomic E-state index is -0.337. The van der Waals surface area contributed by atoms with Gasteiger partial charge >= 0.3 is 6.03 Å². The third kappa shape index (κ3) is 2.74. The molecular weight excluding hydrogens is 283 g/mol. The average molecular weight is 300 g/mol. The quantitative estimate of drug-likeness (QED) is 0.868. The molecule has 0 spiro atoms. The van der Waals surface area contributed by atoms with Crippen molar-refractivity contribution in [3.8, 4) is 5.75 Å². The van der Waals surface area contributed by atoms with Crippen molar-refractivity contribution in [1.82, 2.24) is 0 Å². The Kier molecular flexibility index (Phi) is 3.71. The molecule has 1 aliphatic rings. The van der Waals surface area contributed by atoms with Crippen LogP contribution in [0.4, 0.5) is 20.6 Å². The lowest BCUT2D eigenvalue weighted by molar-refractivity contribution is 0.250. The highest BCUT2D eigenvalue weighted by atomic mass is 19.1. The molecule has 0 radical (unpaired) electrons. The van der Waals surface area contributed by atoms with E-state index in [1.165, 1.54) is 6.07 Å². The minimum absolute atomic E-state index is 0.293. The van der Waals surface area contributed by atoms with Crippen LogP contribution < -0.4 is 15.0 Å². The Morgan fingerprint density at radius 1 is 1.23 bits per heavy atom. The Hall–Kier alpha value is -2.56. The first-order valence-corrected chi connectivity index (χ1v) is 7.13. The van der Waals surface area contributed by atoms with E-state index in [0.717, 1.165) is 11.3 Å². The summed E-state index contributed by atoms with van der Waals surface area (Å²) in [5.74, 6) is 0.345. The van der Waals surface area contributed by atoms with Gasteiger partial charge in [-0.3, -0.25) is 4.90 Å². The highest BCUT2D eigenvalue weighted by Gasteiger charge is 2.24. The first-order chi connectivity index (χ1) is 10.5. The molecule has 0 bridgehead atoms. The van der Waals surface area contributed by atoms with Crippen LogP contribution in [0.15, 0.2) is 36.4 Å². The second kappa shape index (κ2) is 5.67. The number of benzene rings is 2. The molecule has 0 aliphatic carbocycles. The van der Waals surface area contributed by atoms with E-state index in [9.17, 15) is 9.18 Å². The highest BCUT2D eigenvalue weighted by Crippen LogP contribution is 2.32. The standard InChI is InChI=1S/C17H17FN2O2/c1-11-3-6-16-15(9-11)20(7-8-22-16)17(21)19-13-5-4-12(2)14(18)10-13/h3-6,9-10H,7-8H2,1-2H3,(H,19,21). The first-order valence-electron chi connectivity index (χ1n) is 7.13. The number of carbonyl (C=O) groups excluding carboxylic acids is 1. The molecule has 2 amide bonds. The van der Waals surface area contributed by atoms with Crippen LogP contribution in [0.2, 0.25) is 0 Å². The molecule has 5 heteroatoms. The monoisotopic (exact) mass is 300 g/mol. The Balaban J connectivity index is 1.84. The maximum Gasteiger partial charge on any atom is 0.326 e. The van der Waals surface area contributed by atoms with Crippen molar-refractivity contribution in [1.29, 1.82) is 0 Å². The summed E-state index contributed by atoms with van der Waals surface area (Å²) < 4.78 is 19.1.